The van der Waals surface area contributed by atoms with Crippen molar-refractivity contribution in [1.82, 2.24) is 5.32 Å². The first-order valence-electron chi connectivity index (χ1n) is 8.62. The van der Waals surface area contributed by atoms with Gasteiger partial charge in [-0.15, -0.1) is 0 Å². The molecule has 0 radical (unpaired) electrons. The van der Waals surface area contributed by atoms with Gasteiger partial charge in [-0.1, -0.05) is 38.2 Å². The summed E-state index contributed by atoms with van der Waals surface area (Å²) in [5, 5.41) is 2.60. The molecule has 6 heteroatoms. The molecule has 1 amide bonds. The average molecular weight is 339 g/mol. The maximum Gasteiger partial charge on any atom is 0.328 e. The van der Waals surface area contributed by atoms with Gasteiger partial charge in [-0.05, 0) is 19.3 Å². The Bertz CT molecular complexity index is 433. The Hall–Kier alpha value is -1.66. The number of carbonyl (C=O) groups excluding carboxylic acids is 2. The molecule has 6 nitrogen and oxygen atoms in total. The molecule has 1 aliphatic rings. The Morgan fingerprint density at radius 2 is 1.88 bits per heavy atom. The first-order chi connectivity index (χ1) is 11.7. The van der Waals surface area contributed by atoms with Gasteiger partial charge in [0.1, 0.15) is 18.8 Å². The summed E-state index contributed by atoms with van der Waals surface area (Å²) in [7, 11) is 0. The number of hydrogen-bond donors (Lipinski definition) is 1. The Balaban J connectivity index is 2.35. The molecule has 0 aromatic rings. The van der Waals surface area contributed by atoms with Crippen LogP contribution in [0.4, 0.5) is 0 Å². The van der Waals surface area contributed by atoms with Gasteiger partial charge in [0.2, 0.25) is 5.91 Å². The summed E-state index contributed by atoms with van der Waals surface area (Å²) in [4.78, 5) is 23.1. The normalized spacial score (nSPS) is 19.1. The zero-order valence-electron chi connectivity index (χ0n) is 14.7. The Morgan fingerprint density at radius 3 is 2.50 bits per heavy atom. The summed E-state index contributed by atoms with van der Waals surface area (Å²) in [6.45, 7) is 5.52. The number of carbonyl (C=O) groups is 2. The van der Waals surface area contributed by atoms with Crippen LogP contribution in [0.15, 0.2) is 24.3 Å². The van der Waals surface area contributed by atoms with Crippen LogP contribution < -0.4 is 5.32 Å². The lowest BCUT2D eigenvalue weighted by Crippen LogP contribution is -2.37. The van der Waals surface area contributed by atoms with E-state index in [1.807, 2.05) is 24.3 Å². The van der Waals surface area contributed by atoms with Crippen molar-refractivity contribution in [3.63, 3.8) is 0 Å². The predicted octanol–water partition coefficient (Wildman–Crippen LogP) is 2.14. The number of rotatable bonds is 12. The molecule has 1 aliphatic heterocycles. The second-order valence-corrected chi connectivity index (χ2v) is 5.54. The van der Waals surface area contributed by atoms with Crippen molar-refractivity contribution in [1.29, 1.82) is 0 Å². The minimum absolute atomic E-state index is 0.111. The third kappa shape index (κ3) is 8.84. The Labute approximate surface area is 144 Å². The van der Waals surface area contributed by atoms with Crippen LogP contribution in [0.25, 0.3) is 0 Å². The molecule has 0 saturated carbocycles. The largest absolute Gasteiger partial charge is 0.461 e. The minimum atomic E-state index is -0.536. The van der Waals surface area contributed by atoms with E-state index in [-0.39, 0.29) is 18.6 Å². The van der Waals surface area contributed by atoms with E-state index in [0.29, 0.717) is 32.7 Å². The van der Waals surface area contributed by atoms with Crippen LogP contribution in [0, 0.1) is 0 Å². The van der Waals surface area contributed by atoms with E-state index in [1.165, 1.54) is 0 Å². The molecular formula is C18H29NO5. The molecule has 1 rings (SSSR count). The molecule has 1 N–H and O–H groups in total. The number of ether oxygens (including phenoxy) is 3. The molecule has 1 fully saturated rings. The Morgan fingerprint density at radius 1 is 1.17 bits per heavy atom. The topological polar surface area (TPSA) is 73.9 Å². The fraction of sp³-hybridized carbons (Fsp3) is 0.667. The van der Waals surface area contributed by atoms with Crippen LogP contribution in [-0.4, -0.2) is 50.4 Å². The number of amides is 1. The van der Waals surface area contributed by atoms with E-state index in [1.54, 1.807) is 0 Å². The lowest BCUT2D eigenvalue weighted by atomic mass is 10.2. The first kappa shape index (κ1) is 20.4. The number of hydrogen-bond acceptors (Lipinski definition) is 5. The molecule has 1 unspecified atom stereocenters. The third-order valence-electron chi connectivity index (χ3n) is 3.44. The van der Waals surface area contributed by atoms with Crippen molar-refractivity contribution in [2.45, 2.75) is 51.7 Å². The SMILES string of the molecule is CCC=CCOCC(COC(=O)[C@@H]1CCC(=O)N1)OCC=CCC. The minimum Gasteiger partial charge on any atom is -0.461 e. The molecule has 1 saturated heterocycles. The number of allylic oxidation sites excluding steroid dienone is 2. The van der Waals surface area contributed by atoms with Gasteiger partial charge in [0.25, 0.3) is 0 Å². The van der Waals surface area contributed by atoms with Crippen molar-refractivity contribution < 1.29 is 23.8 Å². The van der Waals surface area contributed by atoms with E-state index < -0.39 is 12.0 Å². The quantitative estimate of drug-likeness (QED) is 0.335. The monoisotopic (exact) mass is 339 g/mol. The summed E-state index contributed by atoms with van der Waals surface area (Å²) >= 11 is 0. The molecular weight excluding hydrogens is 310 g/mol. The molecule has 136 valence electrons. The molecule has 24 heavy (non-hydrogen) atoms. The predicted molar refractivity (Wildman–Crippen MR) is 91.5 cm³/mol. The zero-order valence-corrected chi connectivity index (χ0v) is 14.7. The zero-order chi connectivity index (χ0) is 17.6. The van der Waals surface area contributed by atoms with Gasteiger partial charge in [0.15, 0.2) is 0 Å². The molecule has 0 aromatic carbocycles. The van der Waals surface area contributed by atoms with Crippen LogP contribution >= 0.6 is 0 Å². The van der Waals surface area contributed by atoms with Gasteiger partial charge in [0, 0.05) is 6.42 Å². The summed E-state index contributed by atoms with van der Waals surface area (Å²) in [5.74, 6) is -0.523. The maximum absolute atomic E-state index is 11.9. The lowest BCUT2D eigenvalue weighted by molar-refractivity contribution is -0.151. The van der Waals surface area contributed by atoms with Crippen LogP contribution in [0.3, 0.4) is 0 Å². The van der Waals surface area contributed by atoms with Gasteiger partial charge in [0.05, 0.1) is 19.8 Å². The summed E-state index contributed by atoms with van der Waals surface area (Å²) in [5.41, 5.74) is 0. The summed E-state index contributed by atoms with van der Waals surface area (Å²) < 4.78 is 16.5. The molecule has 0 spiro atoms. The molecule has 0 bridgehead atoms. The molecule has 0 aliphatic carbocycles. The van der Waals surface area contributed by atoms with Crippen molar-refractivity contribution >= 4 is 11.9 Å². The van der Waals surface area contributed by atoms with Gasteiger partial charge in [-0.2, -0.15) is 0 Å². The molecule has 1 heterocycles. The number of esters is 1. The van der Waals surface area contributed by atoms with Crippen LogP contribution in [0.1, 0.15) is 39.5 Å². The molecule has 2 atom stereocenters. The first-order valence-corrected chi connectivity index (χ1v) is 8.62. The lowest BCUT2D eigenvalue weighted by Gasteiger charge is -2.18. The van der Waals surface area contributed by atoms with Crippen LogP contribution in [-0.2, 0) is 23.8 Å². The highest BCUT2D eigenvalue weighted by Gasteiger charge is 2.29. The maximum atomic E-state index is 11.9. The van der Waals surface area contributed by atoms with Gasteiger partial charge >= 0.3 is 5.97 Å². The smallest absolute Gasteiger partial charge is 0.328 e. The summed E-state index contributed by atoms with van der Waals surface area (Å²) in [6.07, 6.45) is 10.4. The van der Waals surface area contributed by atoms with E-state index in [0.717, 1.165) is 12.8 Å². The van der Waals surface area contributed by atoms with Crippen molar-refractivity contribution in [2.75, 3.05) is 26.4 Å². The summed E-state index contributed by atoms with van der Waals surface area (Å²) in [6, 6.07) is -0.536. The average Bonchev–Trinajstić information content (AvgIpc) is 3.01. The van der Waals surface area contributed by atoms with Gasteiger partial charge < -0.3 is 19.5 Å². The second-order valence-electron chi connectivity index (χ2n) is 5.54. The fourth-order valence-corrected chi connectivity index (χ4v) is 2.14. The van der Waals surface area contributed by atoms with Gasteiger partial charge in [-0.3, -0.25) is 4.79 Å². The third-order valence-corrected chi connectivity index (χ3v) is 3.44. The van der Waals surface area contributed by atoms with E-state index in [9.17, 15) is 9.59 Å². The highest BCUT2D eigenvalue weighted by Crippen LogP contribution is 2.08. The van der Waals surface area contributed by atoms with Crippen molar-refractivity contribution in [3.05, 3.63) is 24.3 Å². The highest BCUT2D eigenvalue weighted by atomic mass is 16.6. The van der Waals surface area contributed by atoms with Crippen molar-refractivity contribution in [2.24, 2.45) is 0 Å². The van der Waals surface area contributed by atoms with E-state index >= 15 is 0 Å². The standard InChI is InChI=1S/C18H29NO5/c1-3-5-7-11-22-13-15(23-12-8-6-4-2)14-24-18(21)16-9-10-17(20)19-16/h5-8,15-16H,3-4,9-14H2,1-2H3,(H,19,20)/t15?,16-/m0/s1. The fourth-order valence-electron chi connectivity index (χ4n) is 2.14. The van der Waals surface area contributed by atoms with Gasteiger partial charge in [-0.25, -0.2) is 4.79 Å². The van der Waals surface area contributed by atoms with Crippen molar-refractivity contribution in [3.8, 4) is 0 Å². The Kier molecular flexibility index (Phi) is 10.8. The van der Waals surface area contributed by atoms with Crippen LogP contribution in [0.2, 0.25) is 0 Å². The second kappa shape index (κ2) is 12.7. The molecule has 0 aromatic heterocycles. The van der Waals surface area contributed by atoms with E-state index in [4.69, 9.17) is 14.2 Å². The van der Waals surface area contributed by atoms with Crippen LogP contribution in [0.5, 0.6) is 0 Å². The number of nitrogens with one attached hydrogen (secondary N) is 1. The highest BCUT2D eigenvalue weighted by molar-refractivity contribution is 5.88. The van der Waals surface area contributed by atoms with E-state index in [2.05, 4.69) is 19.2 Å².